The highest BCUT2D eigenvalue weighted by Gasteiger charge is 2.40. The fraction of sp³-hybridized carbons (Fsp3) is 0.379. The van der Waals surface area contributed by atoms with Crippen molar-refractivity contribution in [1.82, 2.24) is 10.2 Å². The van der Waals surface area contributed by atoms with Crippen molar-refractivity contribution in [3.8, 4) is 11.5 Å². The molecule has 1 atom stereocenters. The molecule has 0 bridgehead atoms. The number of ether oxygens (including phenoxy) is 4. The van der Waals surface area contributed by atoms with E-state index in [0.29, 0.717) is 52.7 Å². The van der Waals surface area contributed by atoms with E-state index in [9.17, 15) is 14.0 Å². The lowest BCUT2D eigenvalue weighted by molar-refractivity contribution is -0.143. The number of fused-ring (bicyclic) bond motifs is 1. The number of dihydropyridines is 1. The summed E-state index contributed by atoms with van der Waals surface area (Å²) in [5.41, 5.74) is 3.35. The molecule has 0 saturated carbocycles. The molecule has 0 aliphatic carbocycles. The zero-order valence-electron chi connectivity index (χ0n) is 22.3. The van der Waals surface area contributed by atoms with Crippen LogP contribution in [0.15, 0.2) is 65.0 Å². The molecule has 2 aliphatic heterocycles. The standard InChI is InChI=1S/C29H33FN2O6/c1-17(2)38-29(34)25-19(4)31-18(3)24(26(25)22-7-6-8-23-27(22)37-16-36-23)28(33)35-14-13-32(5)15-20-9-11-21(30)12-10-20/h6-12,17,26,31H,13-16H2,1-5H3. The number of hydrogen-bond donors (Lipinski definition) is 1. The van der Waals surface area contributed by atoms with Gasteiger partial charge in [-0.25, -0.2) is 14.0 Å². The van der Waals surface area contributed by atoms with E-state index < -0.39 is 17.9 Å². The Balaban J connectivity index is 1.57. The number of esters is 2. The summed E-state index contributed by atoms with van der Waals surface area (Å²) in [6.07, 6.45) is -0.344. The molecule has 0 saturated heterocycles. The van der Waals surface area contributed by atoms with Crippen molar-refractivity contribution >= 4 is 11.9 Å². The summed E-state index contributed by atoms with van der Waals surface area (Å²) in [7, 11) is 1.89. The van der Waals surface area contributed by atoms with Crippen molar-refractivity contribution in [2.24, 2.45) is 0 Å². The average molecular weight is 525 g/mol. The molecule has 0 amide bonds. The third-order valence-corrected chi connectivity index (χ3v) is 6.35. The van der Waals surface area contributed by atoms with Crippen LogP contribution in [0.4, 0.5) is 4.39 Å². The van der Waals surface area contributed by atoms with Gasteiger partial charge in [-0.2, -0.15) is 0 Å². The Kier molecular flexibility index (Phi) is 8.36. The molecule has 0 radical (unpaired) electrons. The number of allylic oxidation sites excluding steroid dienone is 2. The highest BCUT2D eigenvalue weighted by Crippen LogP contribution is 2.47. The van der Waals surface area contributed by atoms with Gasteiger partial charge in [-0.05, 0) is 58.5 Å². The number of carbonyl (C=O) groups excluding carboxylic acids is 2. The first-order valence-corrected chi connectivity index (χ1v) is 12.5. The Labute approximate surface area is 222 Å². The van der Waals surface area contributed by atoms with E-state index in [1.165, 1.54) is 12.1 Å². The van der Waals surface area contributed by atoms with Crippen LogP contribution < -0.4 is 14.8 Å². The second kappa shape index (κ2) is 11.7. The minimum absolute atomic E-state index is 0.0503. The van der Waals surface area contributed by atoms with Crippen molar-refractivity contribution in [2.75, 3.05) is 27.0 Å². The van der Waals surface area contributed by atoms with E-state index in [1.54, 1.807) is 52.0 Å². The average Bonchev–Trinajstić information content (AvgIpc) is 3.33. The van der Waals surface area contributed by atoms with E-state index >= 15 is 0 Å². The molecule has 202 valence electrons. The van der Waals surface area contributed by atoms with Crippen LogP contribution in [0.2, 0.25) is 0 Å². The Morgan fingerprint density at radius 3 is 2.42 bits per heavy atom. The monoisotopic (exact) mass is 524 g/mol. The van der Waals surface area contributed by atoms with Gasteiger partial charge in [0.2, 0.25) is 6.79 Å². The second-order valence-electron chi connectivity index (χ2n) is 9.67. The van der Waals surface area contributed by atoms with E-state index in [2.05, 4.69) is 5.32 Å². The minimum Gasteiger partial charge on any atom is -0.461 e. The third kappa shape index (κ3) is 5.99. The maximum Gasteiger partial charge on any atom is 0.337 e. The van der Waals surface area contributed by atoms with Crippen LogP contribution >= 0.6 is 0 Å². The number of likely N-dealkylation sites (N-methyl/N-ethyl adjacent to an activating group) is 1. The SMILES string of the molecule is CC1=C(C(=O)OCCN(C)Cc2ccc(F)cc2)C(c2cccc3c2OCO3)C(C(=O)OC(C)C)=C(C)N1. The number of para-hydroxylation sites is 1. The predicted molar refractivity (Wildman–Crippen MR) is 139 cm³/mol. The number of nitrogens with one attached hydrogen (secondary N) is 1. The van der Waals surface area contributed by atoms with Crippen molar-refractivity contribution in [2.45, 2.75) is 46.3 Å². The topological polar surface area (TPSA) is 86.3 Å². The van der Waals surface area contributed by atoms with Gasteiger partial charge in [-0.3, -0.25) is 4.90 Å². The summed E-state index contributed by atoms with van der Waals surface area (Å²) >= 11 is 0. The van der Waals surface area contributed by atoms with Crippen molar-refractivity contribution in [3.63, 3.8) is 0 Å². The first-order chi connectivity index (χ1) is 18.2. The molecule has 0 aromatic heterocycles. The largest absolute Gasteiger partial charge is 0.461 e. The summed E-state index contributed by atoms with van der Waals surface area (Å²) in [6.45, 7) is 8.31. The molecule has 2 aromatic carbocycles. The molecule has 4 rings (SSSR count). The molecule has 1 unspecified atom stereocenters. The summed E-state index contributed by atoms with van der Waals surface area (Å²) in [4.78, 5) is 28.8. The molecular formula is C29H33FN2O6. The lowest BCUT2D eigenvalue weighted by Crippen LogP contribution is -2.34. The van der Waals surface area contributed by atoms with Crippen molar-refractivity contribution < 1.29 is 32.9 Å². The Bertz CT molecular complexity index is 1270. The van der Waals surface area contributed by atoms with Gasteiger partial charge in [0.05, 0.1) is 23.2 Å². The Hall–Kier alpha value is -3.85. The number of rotatable bonds is 9. The van der Waals surface area contributed by atoms with Crippen LogP contribution in [-0.4, -0.2) is 49.9 Å². The third-order valence-electron chi connectivity index (χ3n) is 6.35. The molecular weight excluding hydrogens is 491 g/mol. The number of benzene rings is 2. The number of halogens is 1. The van der Waals surface area contributed by atoms with Crippen LogP contribution in [0.1, 0.15) is 44.7 Å². The van der Waals surface area contributed by atoms with Gasteiger partial charge in [-0.15, -0.1) is 0 Å². The summed E-state index contributed by atoms with van der Waals surface area (Å²) in [6, 6.07) is 11.7. The van der Waals surface area contributed by atoms with Gasteiger partial charge in [0, 0.05) is 30.0 Å². The van der Waals surface area contributed by atoms with E-state index in [-0.39, 0.29) is 25.3 Å². The zero-order valence-corrected chi connectivity index (χ0v) is 22.3. The highest BCUT2D eigenvalue weighted by molar-refractivity contribution is 6.00. The Morgan fingerprint density at radius 2 is 1.74 bits per heavy atom. The van der Waals surface area contributed by atoms with Gasteiger partial charge >= 0.3 is 11.9 Å². The maximum absolute atomic E-state index is 13.5. The lowest BCUT2D eigenvalue weighted by atomic mass is 9.80. The first kappa shape index (κ1) is 27.2. The highest BCUT2D eigenvalue weighted by atomic mass is 19.1. The zero-order chi connectivity index (χ0) is 27.4. The molecule has 2 aromatic rings. The van der Waals surface area contributed by atoms with Gasteiger partial charge in [0.15, 0.2) is 11.5 Å². The molecule has 9 heteroatoms. The van der Waals surface area contributed by atoms with Crippen LogP contribution in [0, 0.1) is 5.82 Å². The van der Waals surface area contributed by atoms with E-state index in [4.69, 9.17) is 18.9 Å². The summed E-state index contributed by atoms with van der Waals surface area (Å²) in [5, 5.41) is 3.16. The normalized spacial score (nSPS) is 16.7. The number of carbonyl (C=O) groups is 2. The number of nitrogens with zero attached hydrogens (tertiary/aromatic N) is 1. The van der Waals surface area contributed by atoms with E-state index in [1.807, 2.05) is 18.0 Å². The van der Waals surface area contributed by atoms with E-state index in [0.717, 1.165) is 5.56 Å². The fourth-order valence-electron chi connectivity index (χ4n) is 4.66. The van der Waals surface area contributed by atoms with Gasteiger partial charge in [0.1, 0.15) is 12.4 Å². The van der Waals surface area contributed by atoms with Crippen LogP contribution in [0.25, 0.3) is 0 Å². The lowest BCUT2D eigenvalue weighted by Gasteiger charge is -2.31. The van der Waals surface area contributed by atoms with Crippen LogP contribution in [0.5, 0.6) is 11.5 Å². The predicted octanol–water partition coefficient (Wildman–Crippen LogP) is 4.42. The molecule has 38 heavy (non-hydrogen) atoms. The smallest absolute Gasteiger partial charge is 0.337 e. The first-order valence-electron chi connectivity index (χ1n) is 12.5. The van der Waals surface area contributed by atoms with Crippen LogP contribution in [-0.2, 0) is 25.6 Å². The van der Waals surface area contributed by atoms with Crippen molar-refractivity contribution in [3.05, 3.63) is 81.9 Å². The van der Waals surface area contributed by atoms with Crippen molar-refractivity contribution in [1.29, 1.82) is 0 Å². The minimum atomic E-state index is -0.774. The molecule has 8 nitrogen and oxygen atoms in total. The van der Waals surface area contributed by atoms with Gasteiger partial charge in [0.25, 0.3) is 0 Å². The summed E-state index contributed by atoms with van der Waals surface area (Å²) < 4.78 is 35.8. The number of hydrogen-bond acceptors (Lipinski definition) is 8. The van der Waals surface area contributed by atoms with Gasteiger partial charge < -0.3 is 24.3 Å². The molecule has 1 N–H and O–H groups in total. The second-order valence-corrected chi connectivity index (χ2v) is 9.67. The molecule has 2 aliphatic rings. The summed E-state index contributed by atoms with van der Waals surface area (Å²) in [5.74, 6) is -1.10. The fourth-order valence-corrected chi connectivity index (χ4v) is 4.66. The quantitative estimate of drug-likeness (QED) is 0.483. The maximum atomic E-state index is 13.5. The van der Waals surface area contributed by atoms with Gasteiger partial charge in [-0.1, -0.05) is 24.3 Å². The Morgan fingerprint density at radius 1 is 1.05 bits per heavy atom. The molecule has 2 heterocycles. The molecule has 0 fully saturated rings. The molecule has 0 spiro atoms. The van der Waals surface area contributed by atoms with Crippen LogP contribution in [0.3, 0.4) is 0 Å².